The molecule has 2 nitrogen and oxygen atoms in total. The van der Waals surface area contributed by atoms with Gasteiger partial charge in [0.05, 0.1) is 0 Å². The maximum atomic E-state index is 11.0. The minimum atomic E-state index is 0.245. The molecule has 4 aromatic rings. The lowest BCUT2D eigenvalue weighted by Gasteiger charge is -2.13. The zero-order chi connectivity index (χ0) is 23.2. The molecule has 0 amide bonds. The molecule has 0 atom stereocenters. The normalized spacial score (nSPS) is 11.5. The van der Waals surface area contributed by atoms with E-state index in [9.17, 15) is 10.2 Å². The fourth-order valence-electron chi connectivity index (χ4n) is 4.00. The van der Waals surface area contributed by atoms with Crippen LogP contribution in [0.4, 0.5) is 0 Å². The van der Waals surface area contributed by atoms with Crippen LogP contribution >= 0.6 is 0 Å². The third-order valence-corrected chi connectivity index (χ3v) is 5.62. The van der Waals surface area contributed by atoms with E-state index in [4.69, 9.17) is 0 Å². The molecular formula is C31H28O2. The van der Waals surface area contributed by atoms with Crippen molar-refractivity contribution >= 4 is 24.3 Å². The largest absolute Gasteiger partial charge is 0.507 e. The molecule has 4 aromatic carbocycles. The molecule has 0 heterocycles. The van der Waals surface area contributed by atoms with Crippen LogP contribution in [-0.2, 0) is 6.42 Å². The van der Waals surface area contributed by atoms with Gasteiger partial charge in [-0.25, -0.2) is 0 Å². The first-order valence-electron chi connectivity index (χ1n) is 11.1. The summed E-state index contributed by atoms with van der Waals surface area (Å²) in [6.07, 6.45) is 8.31. The van der Waals surface area contributed by atoms with Gasteiger partial charge in [0.25, 0.3) is 0 Å². The van der Waals surface area contributed by atoms with Crippen LogP contribution in [0.2, 0.25) is 0 Å². The fraction of sp³-hybridized carbons (Fsp3) is 0.0968. The molecule has 2 heteroatoms. The highest BCUT2D eigenvalue weighted by Crippen LogP contribution is 2.33. The summed E-state index contributed by atoms with van der Waals surface area (Å²) >= 11 is 0. The molecule has 0 bridgehead atoms. The molecule has 0 aliphatic rings. The van der Waals surface area contributed by atoms with Crippen molar-refractivity contribution in [3.8, 4) is 11.5 Å². The Balaban J connectivity index is 1.65. The second kappa shape index (κ2) is 10.1. The third-order valence-electron chi connectivity index (χ3n) is 5.62. The van der Waals surface area contributed by atoms with E-state index in [1.165, 1.54) is 0 Å². The highest BCUT2D eigenvalue weighted by atomic mass is 16.3. The summed E-state index contributed by atoms with van der Waals surface area (Å²) < 4.78 is 0. The highest BCUT2D eigenvalue weighted by Gasteiger charge is 2.13. The molecule has 0 spiro atoms. The average molecular weight is 433 g/mol. The monoisotopic (exact) mass is 432 g/mol. The van der Waals surface area contributed by atoms with Crippen LogP contribution < -0.4 is 0 Å². The molecule has 4 rings (SSSR count). The first kappa shape index (κ1) is 22.2. The van der Waals surface area contributed by atoms with Gasteiger partial charge in [-0.05, 0) is 59.4 Å². The lowest BCUT2D eigenvalue weighted by molar-refractivity contribution is 0.461. The van der Waals surface area contributed by atoms with Crippen molar-refractivity contribution < 1.29 is 10.2 Å². The Morgan fingerprint density at radius 3 is 1.33 bits per heavy atom. The first-order chi connectivity index (χ1) is 16.0. The number of aromatic hydroxyl groups is 2. The first-order valence-corrected chi connectivity index (χ1v) is 11.1. The average Bonchev–Trinajstić information content (AvgIpc) is 2.82. The lowest BCUT2D eigenvalue weighted by atomic mass is 9.95. The number of phenolic OH excluding ortho intramolecular Hbond substituents is 2. The van der Waals surface area contributed by atoms with Gasteiger partial charge in [-0.3, -0.25) is 0 Å². The second-order valence-electron chi connectivity index (χ2n) is 8.39. The Bertz CT molecular complexity index is 1200. The van der Waals surface area contributed by atoms with Crippen LogP contribution in [0.1, 0.15) is 44.5 Å². The van der Waals surface area contributed by atoms with Crippen molar-refractivity contribution in [1.29, 1.82) is 0 Å². The van der Waals surface area contributed by atoms with Crippen LogP contribution in [0.15, 0.2) is 84.9 Å². The fourth-order valence-corrected chi connectivity index (χ4v) is 4.00. The van der Waals surface area contributed by atoms with E-state index in [0.717, 1.165) is 44.5 Å². The number of phenols is 2. The summed E-state index contributed by atoms with van der Waals surface area (Å²) in [5.41, 5.74) is 7.40. The number of hydrogen-bond acceptors (Lipinski definition) is 2. The van der Waals surface area contributed by atoms with Crippen molar-refractivity contribution in [2.24, 2.45) is 0 Å². The van der Waals surface area contributed by atoms with Gasteiger partial charge < -0.3 is 10.2 Å². The molecule has 0 saturated carbocycles. The molecule has 0 aromatic heterocycles. The van der Waals surface area contributed by atoms with Crippen molar-refractivity contribution in [3.05, 3.63) is 129 Å². The quantitative estimate of drug-likeness (QED) is 0.307. The summed E-state index contributed by atoms with van der Waals surface area (Å²) in [6, 6.07) is 28.0. The number of benzene rings is 4. The van der Waals surface area contributed by atoms with Crippen LogP contribution in [0.3, 0.4) is 0 Å². The SMILES string of the molecule is Cc1cc(/C=C/c2ccccc2)c(O)c(Cc2cc(C)cc(/C=C/c3ccccc3)c2O)c1. The zero-order valence-electron chi connectivity index (χ0n) is 19.0. The van der Waals surface area contributed by atoms with E-state index in [2.05, 4.69) is 0 Å². The molecule has 0 unspecified atom stereocenters. The predicted octanol–water partition coefficient (Wildman–Crippen LogP) is 7.65. The number of rotatable bonds is 6. The minimum absolute atomic E-state index is 0.245. The van der Waals surface area contributed by atoms with Gasteiger partial charge in [0.15, 0.2) is 0 Å². The third kappa shape index (κ3) is 5.61. The molecule has 33 heavy (non-hydrogen) atoms. The van der Waals surface area contributed by atoms with Gasteiger partial charge >= 0.3 is 0 Å². The second-order valence-corrected chi connectivity index (χ2v) is 8.39. The summed E-state index contributed by atoms with van der Waals surface area (Å²) in [5, 5.41) is 22.0. The molecule has 2 N–H and O–H groups in total. The van der Waals surface area contributed by atoms with E-state index < -0.39 is 0 Å². The summed E-state index contributed by atoms with van der Waals surface area (Å²) in [7, 11) is 0. The topological polar surface area (TPSA) is 40.5 Å². The van der Waals surface area contributed by atoms with Crippen LogP contribution in [0.25, 0.3) is 24.3 Å². The van der Waals surface area contributed by atoms with Crippen molar-refractivity contribution in [3.63, 3.8) is 0 Å². The number of aryl methyl sites for hydroxylation is 2. The van der Waals surface area contributed by atoms with Gasteiger partial charge in [-0.15, -0.1) is 0 Å². The van der Waals surface area contributed by atoms with E-state index >= 15 is 0 Å². The Hall–Kier alpha value is -4.04. The van der Waals surface area contributed by atoms with Crippen LogP contribution in [0.5, 0.6) is 11.5 Å². The highest BCUT2D eigenvalue weighted by molar-refractivity contribution is 5.75. The maximum Gasteiger partial charge on any atom is 0.126 e. The standard InChI is InChI=1S/C31H28O2/c1-22-17-26(15-13-24-9-5-3-6-10-24)30(32)28(19-22)21-29-20-23(2)18-27(31(29)33)16-14-25-11-7-4-8-12-25/h3-20,32-33H,21H2,1-2H3/b15-13+,16-14+. The Morgan fingerprint density at radius 1 is 0.545 bits per heavy atom. The maximum absolute atomic E-state index is 11.0. The van der Waals surface area contributed by atoms with Crippen LogP contribution in [-0.4, -0.2) is 10.2 Å². The molecule has 0 radical (unpaired) electrons. The van der Waals surface area contributed by atoms with Crippen molar-refractivity contribution in [1.82, 2.24) is 0 Å². The molecular weight excluding hydrogens is 404 g/mol. The van der Waals surface area contributed by atoms with E-state index in [-0.39, 0.29) is 11.5 Å². The summed E-state index contributed by atoms with van der Waals surface area (Å²) in [4.78, 5) is 0. The van der Waals surface area contributed by atoms with Crippen molar-refractivity contribution in [2.75, 3.05) is 0 Å². The summed E-state index contributed by atoms with van der Waals surface area (Å²) in [6.45, 7) is 4.04. The van der Waals surface area contributed by atoms with E-state index in [1.54, 1.807) is 0 Å². The van der Waals surface area contributed by atoms with Gasteiger partial charge in [0, 0.05) is 17.5 Å². The van der Waals surface area contributed by atoms with Gasteiger partial charge in [0.1, 0.15) is 11.5 Å². The van der Waals surface area contributed by atoms with Gasteiger partial charge in [0.2, 0.25) is 0 Å². The molecule has 0 saturated heterocycles. The van der Waals surface area contributed by atoms with Crippen molar-refractivity contribution in [2.45, 2.75) is 20.3 Å². The van der Waals surface area contributed by atoms with Gasteiger partial charge in [-0.1, -0.05) is 97.1 Å². The van der Waals surface area contributed by atoms with E-state index in [0.29, 0.717) is 6.42 Å². The zero-order valence-corrected chi connectivity index (χ0v) is 19.0. The Morgan fingerprint density at radius 2 is 0.939 bits per heavy atom. The molecule has 0 aliphatic heterocycles. The molecule has 0 aliphatic carbocycles. The predicted molar refractivity (Wildman–Crippen MR) is 139 cm³/mol. The van der Waals surface area contributed by atoms with E-state index in [1.807, 2.05) is 123 Å². The van der Waals surface area contributed by atoms with Crippen LogP contribution in [0, 0.1) is 13.8 Å². The summed E-state index contributed by atoms with van der Waals surface area (Å²) in [5.74, 6) is 0.491. The minimum Gasteiger partial charge on any atom is -0.507 e. The Kier molecular flexibility index (Phi) is 6.75. The smallest absolute Gasteiger partial charge is 0.126 e. The molecule has 164 valence electrons. The molecule has 0 fully saturated rings. The van der Waals surface area contributed by atoms with Gasteiger partial charge in [-0.2, -0.15) is 0 Å². The lowest BCUT2D eigenvalue weighted by Crippen LogP contribution is -1.95. The number of hydrogen-bond donors (Lipinski definition) is 2. The Labute approximate surface area is 195 Å².